The van der Waals surface area contributed by atoms with Gasteiger partial charge in [0.05, 0.1) is 16.9 Å². The Balaban J connectivity index is 1.30. The lowest BCUT2D eigenvalue weighted by molar-refractivity contribution is -0.114. The maximum absolute atomic E-state index is 13.2. The quantitative estimate of drug-likeness (QED) is 0.515. The third kappa shape index (κ3) is 4.61. The summed E-state index contributed by atoms with van der Waals surface area (Å²) in [5, 5.41) is 0. The van der Waals surface area contributed by atoms with Gasteiger partial charge in [-0.3, -0.25) is 14.4 Å². The second-order valence-corrected chi connectivity index (χ2v) is 9.72. The van der Waals surface area contributed by atoms with Crippen molar-refractivity contribution in [1.82, 2.24) is 9.80 Å². The largest absolute Gasteiger partial charge is 0.459 e. The predicted molar refractivity (Wildman–Crippen MR) is 135 cm³/mol. The molecule has 1 fully saturated rings. The number of fused-ring (bicyclic) bond motifs is 1. The number of thioether (sulfide) groups is 1. The minimum atomic E-state index is -0.164. The molecule has 0 unspecified atom stereocenters. The van der Waals surface area contributed by atoms with Crippen LogP contribution in [0.5, 0.6) is 0 Å². The number of nitrogens with zero attached hydrogens (tertiary/aromatic N) is 3. The average Bonchev–Trinajstić information content (AvgIpc) is 3.41. The van der Waals surface area contributed by atoms with Crippen molar-refractivity contribution < 1.29 is 18.8 Å². The summed E-state index contributed by atoms with van der Waals surface area (Å²) in [5.41, 5.74) is 3.37. The van der Waals surface area contributed by atoms with E-state index in [0.29, 0.717) is 42.4 Å². The molecule has 0 radical (unpaired) electrons. The fraction of sp³-hybridized carbons (Fsp3) is 0.222. The van der Waals surface area contributed by atoms with Crippen LogP contribution in [0.3, 0.4) is 0 Å². The second kappa shape index (κ2) is 9.46. The maximum atomic E-state index is 13.2. The maximum Gasteiger partial charge on any atom is 0.289 e. The van der Waals surface area contributed by atoms with Gasteiger partial charge in [-0.2, -0.15) is 0 Å². The van der Waals surface area contributed by atoms with Crippen molar-refractivity contribution in [3.8, 4) is 0 Å². The van der Waals surface area contributed by atoms with Crippen molar-refractivity contribution in [2.45, 2.75) is 11.8 Å². The van der Waals surface area contributed by atoms with Gasteiger partial charge >= 0.3 is 0 Å². The SMILES string of the molecule is Cc1cccc(/C=C2\Sc3ccc(C(=O)N4CCN(C(=O)c5ccco5)CC4)cc3N(C)C2=O)c1. The van der Waals surface area contributed by atoms with Crippen molar-refractivity contribution in [3.63, 3.8) is 0 Å². The molecule has 0 atom stereocenters. The smallest absolute Gasteiger partial charge is 0.289 e. The lowest BCUT2D eigenvalue weighted by Crippen LogP contribution is -2.50. The Kier molecular flexibility index (Phi) is 6.21. The molecule has 35 heavy (non-hydrogen) atoms. The highest BCUT2D eigenvalue weighted by atomic mass is 32.2. The summed E-state index contributed by atoms with van der Waals surface area (Å²) >= 11 is 1.42. The summed E-state index contributed by atoms with van der Waals surface area (Å²) in [6.45, 7) is 3.79. The third-order valence-corrected chi connectivity index (χ3v) is 7.31. The lowest BCUT2D eigenvalue weighted by atomic mass is 10.1. The van der Waals surface area contributed by atoms with Crippen molar-refractivity contribution in [2.24, 2.45) is 0 Å². The Morgan fingerprint density at radius 2 is 1.69 bits per heavy atom. The van der Waals surface area contributed by atoms with Gasteiger partial charge in [-0.05, 0) is 48.9 Å². The van der Waals surface area contributed by atoms with Crippen molar-refractivity contribution in [3.05, 3.63) is 88.2 Å². The molecule has 3 amide bonds. The number of carbonyl (C=O) groups excluding carboxylic acids is 3. The highest BCUT2D eigenvalue weighted by molar-refractivity contribution is 8.04. The van der Waals surface area contributed by atoms with Gasteiger partial charge in [0.15, 0.2) is 5.76 Å². The molecular weight excluding hydrogens is 462 g/mol. The van der Waals surface area contributed by atoms with Crippen molar-refractivity contribution in [2.75, 3.05) is 38.1 Å². The fourth-order valence-electron chi connectivity index (χ4n) is 4.29. The topological polar surface area (TPSA) is 74.1 Å². The van der Waals surface area contributed by atoms with E-state index in [2.05, 4.69) is 0 Å². The van der Waals surface area contributed by atoms with Crippen LogP contribution in [0.25, 0.3) is 6.08 Å². The molecule has 3 aromatic rings. The first-order chi connectivity index (χ1) is 16.9. The monoisotopic (exact) mass is 487 g/mol. The number of likely N-dealkylation sites (N-methyl/N-ethyl adjacent to an activating group) is 1. The summed E-state index contributed by atoms with van der Waals surface area (Å²) < 4.78 is 5.20. The number of piperazine rings is 1. The molecule has 178 valence electrons. The zero-order valence-electron chi connectivity index (χ0n) is 19.6. The molecule has 0 N–H and O–H groups in total. The van der Waals surface area contributed by atoms with E-state index >= 15 is 0 Å². The van der Waals surface area contributed by atoms with E-state index < -0.39 is 0 Å². The van der Waals surface area contributed by atoms with Crippen LogP contribution in [-0.4, -0.2) is 60.7 Å². The van der Waals surface area contributed by atoms with Gasteiger partial charge in [0, 0.05) is 43.7 Å². The van der Waals surface area contributed by atoms with Gasteiger partial charge in [-0.1, -0.05) is 41.6 Å². The molecule has 8 heteroatoms. The number of anilines is 1. The van der Waals surface area contributed by atoms with Gasteiger partial charge in [0.25, 0.3) is 17.7 Å². The zero-order chi connectivity index (χ0) is 24.5. The van der Waals surface area contributed by atoms with E-state index in [1.165, 1.54) is 18.0 Å². The van der Waals surface area contributed by atoms with Crippen LogP contribution in [0.4, 0.5) is 5.69 Å². The molecule has 2 aliphatic rings. The number of hydrogen-bond donors (Lipinski definition) is 0. The standard InChI is InChI=1S/C27H25N3O4S/c1-18-5-3-6-19(15-18)16-24-27(33)28(2)21-17-20(8-9-23(21)35-24)25(31)29-10-12-30(13-11-29)26(32)22-7-4-14-34-22/h3-9,14-17H,10-13H2,1-2H3/b24-16-. The first-order valence-electron chi connectivity index (χ1n) is 11.4. The Morgan fingerprint density at radius 3 is 2.37 bits per heavy atom. The summed E-state index contributed by atoms with van der Waals surface area (Å²) in [4.78, 5) is 45.3. The van der Waals surface area contributed by atoms with Crippen LogP contribution in [0.15, 0.2) is 75.1 Å². The molecular formula is C27H25N3O4S. The molecule has 2 aliphatic heterocycles. The van der Waals surface area contributed by atoms with Crippen LogP contribution in [0.1, 0.15) is 32.0 Å². The van der Waals surface area contributed by atoms with E-state index in [0.717, 1.165) is 21.7 Å². The van der Waals surface area contributed by atoms with Crippen LogP contribution in [-0.2, 0) is 4.79 Å². The normalized spacial score (nSPS) is 17.0. The number of amides is 3. The van der Waals surface area contributed by atoms with Gasteiger partial charge in [0.1, 0.15) is 0 Å². The van der Waals surface area contributed by atoms with Crippen LogP contribution < -0.4 is 4.90 Å². The molecule has 2 aromatic carbocycles. The van der Waals surface area contributed by atoms with Gasteiger partial charge in [-0.25, -0.2) is 0 Å². The summed E-state index contributed by atoms with van der Waals surface area (Å²) in [6, 6.07) is 16.8. The highest BCUT2D eigenvalue weighted by Gasteiger charge is 2.30. The van der Waals surface area contributed by atoms with Gasteiger partial charge < -0.3 is 19.1 Å². The van der Waals surface area contributed by atoms with E-state index in [1.54, 1.807) is 39.9 Å². The number of hydrogen-bond acceptors (Lipinski definition) is 5. The van der Waals surface area contributed by atoms with E-state index in [9.17, 15) is 14.4 Å². The molecule has 0 aliphatic carbocycles. The number of carbonyl (C=O) groups is 3. The molecule has 5 rings (SSSR count). The van der Waals surface area contributed by atoms with E-state index in [4.69, 9.17) is 4.42 Å². The molecule has 0 saturated carbocycles. The minimum Gasteiger partial charge on any atom is -0.459 e. The van der Waals surface area contributed by atoms with Gasteiger partial charge in [0.2, 0.25) is 0 Å². The van der Waals surface area contributed by atoms with Gasteiger partial charge in [-0.15, -0.1) is 0 Å². The zero-order valence-corrected chi connectivity index (χ0v) is 20.4. The molecule has 3 heterocycles. The van der Waals surface area contributed by atoms with Crippen molar-refractivity contribution in [1.29, 1.82) is 0 Å². The molecule has 7 nitrogen and oxygen atoms in total. The Morgan fingerprint density at radius 1 is 0.943 bits per heavy atom. The second-order valence-electron chi connectivity index (χ2n) is 8.63. The Bertz CT molecular complexity index is 1320. The van der Waals surface area contributed by atoms with Crippen LogP contribution >= 0.6 is 11.8 Å². The summed E-state index contributed by atoms with van der Waals surface area (Å²) in [7, 11) is 1.73. The third-order valence-electron chi connectivity index (χ3n) is 6.23. The fourth-order valence-corrected chi connectivity index (χ4v) is 5.38. The summed E-state index contributed by atoms with van der Waals surface area (Å²) in [5.74, 6) is -0.0634. The Labute approximate surface area is 208 Å². The number of aryl methyl sites for hydroxylation is 1. The number of benzene rings is 2. The first kappa shape index (κ1) is 23.0. The average molecular weight is 488 g/mol. The van der Waals surface area contributed by atoms with E-state index in [-0.39, 0.29) is 17.7 Å². The molecule has 1 saturated heterocycles. The lowest BCUT2D eigenvalue weighted by Gasteiger charge is -2.34. The van der Waals surface area contributed by atoms with Crippen molar-refractivity contribution >= 4 is 41.2 Å². The van der Waals surface area contributed by atoms with Crippen LogP contribution in [0.2, 0.25) is 0 Å². The van der Waals surface area contributed by atoms with E-state index in [1.807, 2.05) is 49.4 Å². The first-order valence-corrected chi connectivity index (χ1v) is 12.2. The molecule has 0 bridgehead atoms. The predicted octanol–water partition coefficient (Wildman–Crippen LogP) is 4.30. The van der Waals surface area contributed by atoms with Crippen LogP contribution in [0, 0.1) is 6.92 Å². The number of furan rings is 1. The molecule has 0 spiro atoms. The molecule has 1 aromatic heterocycles. The highest BCUT2D eigenvalue weighted by Crippen LogP contribution is 2.42. The Hall–Kier alpha value is -3.78. The minimum absolute atomic E-state index is 0.0985. The number of rotatable bonds is 3. The summed E-state index contributed by atoms with van der Waals surface area (Å²) in [6.07, 6.45) is 3.38.